The minimum atomic E-state index is -1.41. The Bertz CT molecular complexity index is 362. The average molecular weight is 336 g/mol. The molecule has 0 aliphatic carbocycles. The summed E-state index contributed by atoms with van der Waals surface area (Å²) in [7, 11) is 0. The molecule has 0 aromatic heterocycles. The van der Waals surface area contributed by atoms with Gasteiger partial charge in [-0.1, -0.05) is 13.8 Å². The van der Waals surface area contributed by atoms with Crippen LogP contribution in [0.1, 0.15) is 34.1 Å². The van der Waals surface area contributed by atoms with Gasteiger partial charge in [0.1, 0.15) is 24.4 Å². The van der Waals surface area contributed by atoms with Gasteiger partial charge in [0.25, 0.3) is 0 Å². The summed E-state index contributed by atoms with van der Waals surface area (Å²) in [5, 5.41) is 35.3. The van der Waals surface area contributed by atoms with Crippen LogP contribution in [0, 0.1) is 5.92 Å². The SMILES string of the molecule is CC[C@@H]1OC(C)[C@@H](OC(C)=O)[C@@H]1C.OC1OC[C@H](O)[C@@H](O)[C@@H]1O. The highest BCUT2D eigenvalue weighted by Crippen LogP contribution is 2.30. The fourth-order valence-electron chi connectivity index (χ4n) is 2.77. The van der Waals surface area contributed by atoms with Gasteiger partial charge < -0.3 is 34.6 Å². The van der Waals surface area contributed by atoms with E-state index in [1.165, 1.54) is 6.92 Å². The summed E-state index contributed by atoms with van der Waals surface area (Å²) in [6.07, 6.45) is -4.06. The van der Waals surface area contributed by atoms with Crippen LogP contribution < -0.4 is 0 Å². The van der Waals surface area contributed by atoms with Gasteiger partial charge in [-0.25, -0.2) is 0 Å². The first-order chi connectivity index (χ1) is 10.7. The molecule has 0 amide bonds. The quantitative estimate of drug-likeness (QED) is 0.482. The maximum Gasteiger partial charge on any atom is 0.303 e. The minimum absolute atomic E-state index is 0.0313. The molecule has 0 saturated carbocycles. The highest BCUT2D eigenvalue weighted by Gasteiger charge is 2.40. The van der Waals surface area contributed by atoms with Gasteiger partial charge in [0.05, 0.1) is 18.8 Å². The van der Waals surface area contributed by atoms with Gasteiger partial charge in [-0.3, -0.25) is 4.79 Å². The van der Waals surface area contributed by atoms with Gasteiger partial charge in [-0.05, 0) is 13.3 Å². The van der Waals surface area contributed by atoms with E-state index in [1.807, 2.05) is 6.92 Å². The molecule has 2 heterocycles. The van der Waals surface area contributed by atoms with Gasteiger partial charge in [0.15, 0.2) is 6.29 Å². The molecule has 2 saturated heterocycles. The molecule has 0 radical (unpaired) electrons. The van der Waals surface area contributed by atoms with Crippen molar-refractivity contribution in [3.8, 4) is 0 Å². The lowest BCUT2D eigenvalue weighted by atomic mass is 9.97. The third-order valence-electron chi connectivity index (χ3n) is 4.14. The molecular weight excluding hydrogens is 308 g/mol. The van der Waals surface area contributed by atoms with E-state index in [0.717, 1.165) is 6.42 Å². The summed E-state index contributed by atoms with van der Waals surface area (Å²) in [6, 6.07) is 0. The lowest BCUT2D eigenvalue weighted by Crippen LogP contribution is -2.52. The Balaban J connectivity index is 0.000000238. The molecular formula is C15H28O8. The van der Waals surface area contributed by atoms with Crippen molar-refractivity contribution in [2.45, 2.75) is 77.0 Å². The molecule has 23 heavy (non-hydrogen) atoms. The summed E-state index contributed by atoms with van der Waals surface area (Å²) >= 11 is 0. The fourth-order valence-corrected chi connectivity index (χ4v) is 2.77. The molecule has 8 nitrogen and oxygen atoms in total. The van der Waals surface area contributed by atoms with Crippen molar-refractivity contribution in [2.24, 2.45) is 5.92 Å². The second-order valence-corrected chi connectivity index (χ2v) is 5.99. The monoisotopic (exact) mass is 336 g/mol. The Morgan fingerprint density at radius 2 is 1.78 bits per heavy atom. The van der Waals surface area contributed by atoms with Crippen LogP contribution in [0.3, 0.4) is 0 Å². The zero-order valence-electron chi connectivity index (χ0n) is 14.0. The zero-order chi connectivity index (χ0) is 17.7. The molecule has 0 bridgehead atoms. The number of hydrogen-bond acceptors (Lipinski definition) is 8. The second kappa shape index (κ2) is 8.91. The van der Waals surface area contributed by atoms with Crippen LogP contribution >= 0.6 is 0 Å². The normalized spacial score (nSPS) is 43.5. The van der Waals surface area contributed by atoms with Crippen molar-refractivity contribution >= 4 is 5.97 Å². The largest absolute Gasteiger partial charge is 0.459 e. The number of esters is 1. The molecule has 4 N–H and O–H groups in total. The van der Waals surface area contributed by atoms with Crippen LogP contribution in [0.2, 0.25) is 0 Å². The number of carbonyl (C=O) groups excluding carboxylic acids is 1. The Kier molecular flexibility index (Phi) is 7.85. The molecule has 0 aromatic rings. The lowest BCUT2D eigenvalue weighted by molar-refractivity contribution is -0.252. The molecule has 2 fully saturated rings. The third kappa shape index (κ3) is 5.37. The van der Waals surface area contributed by atoms with E-state index in [0.29, 0.717) is 5.92 Å². The number of ether oxygens (including phenoxy) is 3. The van der Waals surface area contributed by atoms with E-state index >= 15 is 0 Å². The maximum atomic E-state index is 10.8. The molecule has 2 aliphatic heterocycles. The average Bonchev–Trinajstić information content (AvgIpc) is 2.77. The number of hydrogen-bond donors (Lipinski definition) is 4. The molecule has 2 aliphatic rings. The van der Waals surface area contributed by atoms with Crippen molar-refractivity contribution in [1.82, 2.24) is 0 Å². The summed E-state index contributed by atoms with van der Waals surface area (Å²) in [5.74, 6) is 0.0907. The van der Waals surface area contributed by atoms with Gasteiger partial charge >= 0.3 is 5.97 Å². The number of rotatable bonds is 2. The minimum Gasteiger partial charge on any atom is -0.459 e. The topological polar surface area (TPSA) is 126 Å². The van der Waals surface area contributed by atoms with E-state index in [9.17, 15) is 4.79 Å². The second-order valence-electron chi connectivity index (χ2n) is 5.99. The van der Waals surface area contributed by atoms with Crippen LogP contribution in [-0.2, 0) is 19.0 Å². The van der Waals surface area contributed by atoms with E-state index in [2.05, 4.69) is 18.6 Å². The van der Waals surface area contributed by atoms with Crippen molar-refractivity contribution in [3.05, 3.63) is 0 Å². The van der Waals surface area contributed by atoms with Crippen LogP contribution in [0.5, 0.6) is 0 Å². The highest BCUT2D eigenvalue weighted by molar-refractivity contribution is 5.66. The number of aliphatic hydroxyl groups is 4. The smallest absolute Gasteiger partial charge is 0.303 e. The summed E-state index contributed by atoms with van der Waals surface area (Å²) < 4.78 is 15.3. The molecule has 0 spiro atoms. The van der Waals surface area contributed by atoms with Gasteiger partial charge in [-0.2, -0.15) is 0 Å². The van der Waals surface area contributed by atoms with E-state index in [-0.39, 0.29) is 30.9 Å². The lowest BCUT2D eigenvalue weighted by Gasteiger charge is -2.31. The van der Waals surface area contributed by atoms with E-state index in [1.54, 1.807) is 0 Å². The Morgan fingerprint density at radius 3 is 2.22 bits per heavy atom. The van der Waals surface area contributed by atoms with E-state index in [4.69, 9.17) is 29.9 Å². The zero-order valence-corrected chi connectivity index (χ0v) is 14.0. The Morgan fingerprint density at radius 1 is 1.17 bits per heavy atom. The highest BCUT2D eigenvalue weighted by atomic mass is 16.6. The first kappa shape index (κ1) is 20.3. The molecule has 2 rings (SSSR count). The predicted octanol–water partition coefficient (Wildman–Crippen LogP) is -0.831. The maximum absolute atomic E-state index is 10.8. The van der Waals surface area contributed by atoms with Gasteiger partial charge in [-0.15, -0.1) is 0 Å². The van der Waals surface area contributed by atoms with Crippen molar-refractivity contribution in [2.75, 3.05) is 6.61 Å². The van der Waals surface area contributed by atoms with Crippen molar-refractivity contribution < 1.29 is 39.4 Å². The van der Waals surface area contributed by atoms with E-state index < -0.39 is 24.6 Å². The number of carbonyl (C=O) groups is 1. The summed E-state index contributed by atoms with van der Waals surface area (Å²) in [4.78, 5) is 10.8. The van der Waals surface area contributed by atoms with Crippen LogP contribution in [0.15, 0.2) is 0 Å². The van der Waals surface area contributed by atoms with Gasteiger partial charge in [0.2, 0.25) is 0 Å². The van der Waals surface area contributed by atoms with Crippen molar-refractivity contribution in [3.63, 3.8) is 0 Å². The Labute approximate surface area is 136 Å². The third-order valence-corrected chi connectivity index (χ3v) is 4.14. The first-order valence-corrected chi connectivity index (χ1v) is 7.85. The van der Waals surface area contributed by atoms with Crippen LogP contribution in [0.25, 0.3) is 0 Å². The van der Waals surface area contributed by atoms with Crippen molar-refractivity contribution in [1.29, 1.82) is 0 Å². The van der Waals surface area contributed by atoms with Crippen LogP contribution in [-0.4, -0.2) is 75.9 Å². The predicted molar refractivity (Wildman–Crippen MR) is 79.3 cm³/mol. The molecule has 136 valence electrons. The molecule has 0 aromatic carbocycles. The van der Waals surface area contributed by atoms with Gasteiger partial charge in [0, 0.05) is 12.8 Å². The fraction of sp³-hybridized carbons (Fsp3) is 0.933. The summed E-state index contributed by atoms with van der Waals surface area (Å²) in [5.41, 5.74) is 0. The Hall–Kier alpha value is -0.770. The number of aliphatic hydroxyl groups excluding tert-OH is 4. The standard InChI is InChI=1S/C10H18O3.C5H10O5/c1-5-9-6(2)10(7(3)12-9)13-8(4)11;6-2-1-10-5(9)4(8)3(2)7/h6-7,9-10H,5H2,1-4H3;2-9H,1H2/t6-,7?,9+,10+;2-,3+,4-,5?/m10/s1. The summed E-state index contributed by atoms with van der Waals surface area (Å²) in [6.45, 7) is 7.41. The first-order valence-electron chi connectivity index (χ1n) is 7.85. The molecule has 2 unspecified atom stereocenters. The molecule has 8 heteroatoms. The van der Waals surface area contributed by atoms with Crippen LogP contribution in [0.4, 0.5) is 0 Å². The molecule has 8 atom stereocenters.